The second-order valence-corrected chi connectivity index (χ2v) is 6.12. The number of ether oxygens (including phenoxy) is 1. The Labute approximate surface area is 144 Å². The Balaban J connectivity index is 1.48. The molecule has 1 amide bonds. The molecule has 0 bridgehead atoms. The molecular weight excluding hydrogens is 333 g/mol. The summed E-state index contributed by atoms with van der Waals surface area (Å²) in [7, 11) is 0. The number of likely N-dealkylation sites (tertiary alicyclic amines) is 1. The van der Waals surface area contributed by atoms with Gasteiger partial charge < -0.3 is 9.64 Å². The van der Waals surface area contributed by atoms with E-state index in [2.05, 4.69) is 9.97 Å². The molecule has 24 heavy (non-hydrogen) atoms. The normalized spacial score (nSPS) is 17.1. The fraction of sp³-hybridized carbons (Fsp3) is 0.353. The predicted octanol–water partition coefficient (Wildman–Crippen LogP) is 2.88. The van der Waals surface area contributed by atoms with Gasteiger partial charge in [0.2, 0.25) is 5.91 Å². The van der Waals surface area contributed by atoms with Gasteiger partial charge in [-0.05, 0) is 24.1 Å². The lowest BCUT2D eigenvalue weighted by atomic mass is 10.1. The number of nitrogens with zero attached hydrogens (tertiary/aromatic N) is 3. The van der Waals surface area contributed by atoms with Crippen LogP contribution < -0.4 is 4.74 Å². The summed E-state index contributed by atoms with van der Waals surface area (Å²) in [6.45, 7) is 1.13. The molecule has 0 N–H and O–H groups in total. The van der Waals surface area contributed by atoms with E-state index in [1.807, 2.05) is 24.3 Å². The van der Waals surface area contributed by atoms with Crippen molar-refractivity contribution in [3.63, 3.8) is 0 Å². The molecule has 1 aliphatic heterocycles. The monoisotopic (exact) mass is 349 g/mol. The van der Waals surface area contributed by atoms with Gasteiger partial charge in [-0.25, -0.2) is 14.4 Å². The molecule has 1 aromatic heterocycles. The second-order valence-electron chi connectivity index (χ2n) is 5.68. The summed E-state index contributed by atoms with van der Waals surface area (Å²) >= 11 is 5.95. The first-order chi connectivity index (χ1) is 11.6. The van der Waals surface area contributed by atoms with Gasteiger partial charge in [0, 0.05) is 24.4 Å². The molecule has 1 fully saturated rings. The molecular formula is C17H17ClFN3O2. The Morgan fingerprint density at radius 2 is 2.17 bits per heavy atom. The average molecular weight is 350 g/mol. The zero-order chi connectivity index (χ0) is 16.9. The van der Waals surface area contributed by atoms with Crippen molar-refractivity contribution in [3.05, 3.63) is 53.1 Å². The highest BCUT2D eigenvalue weighted by Gasteiger charge is 2.27. The number of hydrogen-bond donors (Lipinski definition) is 0. The van der Waals surface area contributed by atoms with Crippen LogP contribution >= 0.6 is 11.6 Å². The highest BCUT2D eigenvalue weighted by Crippen LogP contribution is 2.17. The van der Waals surface area contributed by atoms with Crippen molar-refractivity contribution < 1.29 is 13.9 Å². The van der Waals surface area contributed by atoms with Gasteiger partial charge in [-0.15, -0.1) is 0 Å². The number of amides is 1. The number of rotatable bonds is 5. The summed E-state index contributed by atoms with van der Waals surface area (Å²) in [6.07, 6.45) is 3.76. The van der Waals surface area contributed by atoms with Gasteiger partial charge in [0.1, 0.15) is 6.10 Å². The minimum atomic E-state index is -0.508. The smallest absolute Gasteiger partial charge is 0.316 e. The largest absolute Gasteiger partial charge is 0.458 e. The van der Waals surface area contributed by atoms with E-state index in [1.165, 1.54) is 0 Å². The summed E-state index contributed by atoms with van der Waals surface area (Å²) < 4.78 is 18.4. The minimum absolute atomic E-state index is 0.0844. The summed E-state index contributed by atoms with van der Waals surface area (Å²) in [4.78, 5) is 21.6. The van der Waals surface area contributed by atoms with E-state index in [0.29, 0.717) is 37.4 Å². The minimum Gasteiger partial charge on any atom is -0.458 e. The molecule has 1 aliphatic rings. The number of carbonyl (C=O) groups is 1. The van der Waals surface area contributed by atoms with Crippen molar-refractivity contribution in [2.24, 2.45) is 0 Å². The number of benzene rings is 1. The average Bonchev–Trinajstić information content (AvgIpc) is 3.03. The van der Waals surface area contributed by atoms with Crippen molar-refractivity contribution in [2.45, 2.75) is 25.4 Å². The number of aryl methyl sites for hydroxylation is 1. The highest BCUT2D eigenvalue weighted by atomic mass is 35.5. The molecule has 1 aromatic carbocycles. The lowest BCUT2D eigenvalue weighted by Gasteiger charge is -2.16. The molecule has 2 heterocycles. The summed E-state index contributed by atoms with van der Waals surface area (Å²) in [5.74, 6) is -0.423. The second kappa shape index (κ2) is 7.57. The van der Waals surface area contributed by atoms with Crippen molar-refractivity contribution in [2.75, 3.05) is 13.1 Å². The maximum Gasteiger partial charge on any atom is 0.316 e. The van der Waals surface area contributed by atoms with Crippen LogP contribution in [0.25, 0.3) is 0 Å². The first-order valence-electron chi connectivity index (χ1n) is 7.76. The third-order valence-corrected chi connectivity index (χ3v) is 4.12. The van der Waals surface area contributed by atoms with Crippen molar-refractivity contribution >= 4 is 17.5 Å². The van der Waals surface area contributed by atoms with Gasteiger partial charge in [0.05, 0.1) is 18.9 Å². The fourth-order valence-corrected chi connectivity index (χ4v) is 2.88. The van der Waals surface area contributed by atoms with Crippen LogP contribution in [0.4, 0.5) is 4.39 Å². The van der Waals surface area contributed by atoms with Gasteiger partial charge >= 0.3 is 6.01 Å². The van der Waals surface area contributed by atoms with Crippen molar-refractivity contribution in [1.82, 2.24) is 14.9 Å². The van der Waals surface area contributed by atoms with Crippen molar-refractivity contribution in [1.29, 1.82) is 0 Å². The number of aromatic nitrogens is 2. The van der Waals surface area contributed by atoms with E-state index in [-0.39, 0.29) is 18.0 Å². The van der Waals surface area contributed by atoms with E-state index in [9.17, 15) is 9.18 Å². The number of hydrogen-bond acceptors (Lipinski definition) is 4. The van der Waals surface area contributed by atoms with Crippen molar-refractivity contribution in [3.8, 4) is 6.01 Å². The Morgan fingerprint density at radius 1 is 1.38 bits per heavy atom. The van der Waals surface area contributed by atoms with Crippen LogP contribution in [0.1, 0.15) is 18.4 Å². The summed E-state index contributed by atoms with van der Waals surface area (Å²) in [6, 6.07) is 7.66. The van der Waals surface area contributed by atoms with Gasteiger partial charge in [-0.2, -0.15) is 0 Å². The van der Waals surface area contributed by atoms with Crippen LogP contribution in [-0.2, 0) is 11.2 Å². The lowest BCUT2D eigenvalue weighted by molar-refractivity contribution is -0.130. The molecule has 3 rings (SSSR count). The molecule has 2 aromatic rings. The Hall–Kier alpha value is -2.21. The number of halogens is 2. The van der Waals surface area contributed by atoms with Crippen LogP contribution in [0.5, 0.6) is 6.01 Å². The van der Waals surface area contributed by atoms with Gasteiger partial charge in [-0.3, -0.25) is 4.79 Å². The molecule has 1 unspecified atom stereocenters. The Kier molecular flexibility index (Phi) is 5.25. The molecule has 0 aliphatic carbocycles. The molecule has 0 spiro atoms. The van der Waals surface area contributed by atoms with Crippen LogP contribution in [0.2, 0.25) is 5.02 Å². The van der Waals surface area contributed by atoms with E-state index in [0.717, 1.165) is 18.0 Å². The molecule has 0 radical (unpaired) electrons. The Bertz CT molecular complexity index is 711. The maximum absolute atomic E-state index is 12.8. The molecule has 7 heteroatoms. The molecule has 1 atom stereocenters. The quantitative estimate of drug-likeness (QED) is 0.833. The van der Waals surface area contributed by atoms with E-state index < -0.39 is 5.82 Å². The fourth-order valence-electron chi connectivity index (χ4n) is 2.66. The molecule has 126 valence electrons. The van der Waals surface area contributed by atoms with Crippen LogP contribution in [0.15, 0.2) is 36.7 Å². The standard InChI is InChI=1S/C17H17ClFN3O2/c18-13-3-1-2-12(8-13)4-5-16(23)22-7-6-15(11-22)24-17-20-9-14(19)10-21-17/h1-3,8-10,15H,4-7,11H2. The Morgan fingerprint density at radius 3 is 2.92 bits per heavy atom. The predicted molar refractivity (Wildman–Crippen MR) is 87.4 cm³/mol. The molecule has 1 saturated heterocycles. The third kappa shape index (κ3) is 4.41. The van der Waals surface area contributed by atoms with Gasteiger partial charge in [-0.1, -0.05) is 23.7 Å². The van der Waals surface area contributed by atoms with Gasteiger partial charge in [0.15, 0.2) is 5.82 Å². The SMILES string of the molecule is O=C(CCc1cccc(Cl)c1)N1CCC(Oc2ncc(F)cn2)C1. The van der Waals surface area contributed by atoms with Crippen LogP contribution in [-0.4, -0.2) is 40.0 Å². The zero-order valence-corrected chi connectivity index (χ0v) is 13.7. The maximum atomic E-state index is 12.8. The van der Waals surface area contributed by atoms with E-state index in [4.69, 9.17) is 16.3 Å². The first-order valence-corrected chi connectivity index (χ1v) is 8.14. The first kappa shape index (κ1) is 16.6. The van der Waals surface area contributed by atoms with E-state index in [1.54, 1.807) is 4.90 Å². The zero-order valence-electron chi connectivity index (χ0n) is 13.0. The van der Waals surface area contributed by atoms with Gasteiger partial charge in [0.25, 0.3) is 0 Å². The third-order valence-electron chi connectivity index (χ3n) is 3.88. The van der Waals surface area contributed by atoms with Crippen LogP contribution in [0, 0.1) is 5.82 Å². The molecule has 0 saturated carbocycles. The summed E-state index contributed by atoms with van der Waals surface area (Å²) in [5, 5.41) is 0.675. The summed E-state index contributed by atoms with van der Waals surface area (Å²) in [5.41, 5.74) is 1.04. The lowest BCUT2D eigenvalue weighted by Crippen LogP contribution is -2.31. The number of carbonyl (C=O) groups excluding carboxylic acids is 1. The highest BCUT2D eigenvalue weighted by molar-refractivity contribution is 6.30. The topological polar surface area (TPSA) is 55.3 Å². The van der Waals surface area contributed by atoms with E-state index >= 15 is 0 Å². The van der Waals surface area contributed by atoms with Crippen LogP contribution in [0.3, 0.4) is 0 Å². The molecule has 5 nitrogen and oxygen atoms in total.